The summed E-state index contributed by atoms with van der Waals surface area (Å²) in [5.41, 5.74) is 0. The highest BCUT2D eigenvalue weighted by atomic mass is 16.3. The average molecular weight is 254 g/mol. The van der Waals surface area contributed by atoms with Crippen molar-refractivity contribution in [2.45, 2.75) is 64.1 Å². The lowest BCUT2D eigenvalue weighted by atomic mass is 9.85. The molecule has 2 aliphatic rings. The summed E-state index contributed by atoms with van der Waals surface area (Å²) in [6.45, 7) is 5.91. The Labute approximate surface area is 110 Å². The minimum Gasteiger partial charge on any atom is -0.384 e. The van der Waals surface area contributed by atoms with E-state index in [-0.39, 0.29) is 11.9 Å². The number of aliphatic hydroxyl groups is 1. The highest BCUT2D eigenvalue weighted by Crippen LogP contribution is 2.30. The summed E-state index contributed by atoms with van der Waals surface area (Å²) < 4.78 is 0. The Balaban J connectivity index is 1.81. The number of carbonyl (C=O) groups excluding carboxylic acids is 1. The van der Waals surface area contributed by atoms with Crippen molar-refractivity contribution in [1.82, 2.24) is 10.2 Å². The fourth-order valence-corrected chi connectivity index (χ4v) is 2.99. The van der Waals surface area contributed by atoms with Crippen LogP contribution in [0.1, 0.15) is 46.0 Å². The SMILES string of the molecule is CC(O)C(=O)NC(C)C1CCCN(C2CCC2)C1. The number of likely N-dealkylation sites (tertiary alicyclic amines) is 1. The number of aliphatic hydroxyl groups excluding tert-OH is 1. The molecule has 4 heteroatoms. The first-order valence-corrected chi connectivity index (χ1v) is 7.30. The van der Waals surface area contributed by atoms with Crippen LogP contribution >= 0.6 is 0 Å². The number of hydrogen-bond acceptors (Lipinski definition) is 3. The van der Waals surface area contributed by atoms with Crippen molar-refractivity contribution in [3.05, 3.63) is 0 Å². The van der Waals surface area contributed by atoms with Crippen molar-refractivity contribution in [3.8, 4) is 0 Å². The topological polar surface area (TPSA) is 52.6 Å². The molecule has 2 fully saturated rings. The Morgan fingerprint density at radius 2 is 2.00 bits per heavy atom. The quantitative estimate of drug-likeness (QED) is 0.791. The molecule has 3 unspecified atom stereocenters. The lowest BCUT2D eigenvalue weighted by Crippen LogP contribution is -2.51. The van der Waals surface area contributed by atoms with Crippen LogP contribution in [-0.4, -0.2) is 47.2 Å². The van der Waals surface area contributed by atoms with E-state index in [9.17, 15) is 9.90 Å². The van der Waals surface area contributed by atoms with Gasteiger partial charge in [-0.25, -0.2) is 0 Å². The van der Waals surface area contributed by atoms with Gasteiger partial charge in [0.1, 0.15) is 6.10 Å². The van der Waals surface area contributed by atoms with Gasteiger partial charge < -0.3 is 15.3 Å². The molecule has 104 valence electrons. The Hall–Kier alpha value is -0.610. The van der Waals surface area contributed by atoms with Gasteiger partial charge in [0.15, 0.2) is 0 Å². The highest BCUT2D eigenvalue weighted by Gasteiger charge is 2.32. The average Bonchev–Trinajstić information content (AvgIpc) is 2.26. The molecule has 18 heavy (non-hydrogen) atoms. The highest BCUT2D eigenvalue weighted by molar-refractivity contribution is 5.80. The van der Waals surface area contributed by atoms with Gasteiger partial charge in [0.05, 0.1) is 0 Å². The van der Waals surface area contributed by atoms with E-state index in [1.807, 2.05) is 0 Å². The van der Waals surface area contributed by atoms with Crippen LogP contribution < -0.4 is 5.32 Å². The summed E-state index contributed by atoms with van der Waals surface area (Å²) in [6, 6.07) is 0.961. The van der Waals surface area contributed by atoms with E-state index in [1.165, 1.54) is 45.6 Å². The lowest BCUT2D eigenvalue weighted by molar-refractivity contribution is -0.129. The van der Waals surface area contributed by atoms with Gasteiger partial charge in [0.2, 0.25) is 5.91 Å². The molecule has 1 heterocycles. The normalized spacial score (nSPS) is 29.4. The molecule has 2 rings (SSSR count). The molecule has 0 bridgehead atoms. The zero-order valence-corrected chi connectivity index (χ0v) is 11.6. The first kappa shape index (κ1) is 13.8. The number of rotatable bonds is 4. The second kappa shape index (κ2) is 6.02. The summed E-state index contributed by atoms with van der Waals surface area (Å²) in [4.78, 5) is 14.1. The number of carbonyl (C=O) groups is 1. The number of nitrogens with zero attached hydrogens (tertiary/aromatic N) is 1. The van der Waals surface area contributed by atoms with Gasteiger partial charge in [-0.2, -0.15) is 0 Å². The van der Waals surface area contributed by atoms with Crippen molar-refractivity contribution in [3.63, 3.8) is 0 Å². The van der Waals surface area contributed by atoms with Crippen LogP contribution in [-0.2, 0) is 4.79 Å². The Bertz CT molecular complexity index is 290. The lowest BCUT2D eigenvalue weighted by Gasteiger charge is -2.43. The third-order valence-electron chi connectivity index (χ3n) is 4.54. The molecule has 1 saturated heterocycles. The third-order valence-corrected chi connectivity index (χ3v) is 4.54. The molecule has 0 aromatic heterocycles. The van der Waals surface area contributed by atoms with Crippen LogP contribution in [0.4, 0.5) is 0 Å². The van der Waals surface area contributed by atoms with Gasteiger partial charge in [-0.05, 0) is 52.0 Å². The van der Waals surface area contributed by atoms with Crippen LogP contribution in [0.5, 0.6) is 0 Å². The van der Waals surface area contributed by atoms with Crippen LogP contribution in [0, 0.1) is 5.92 Å². The van der Waals surface area contributed by atoms with Gasteiger partial charge in [-0.1, -0.05) is 6.42 Å². The second-order valence-electron chi connectivity index (χ2n) is 5.96. The minimum atomic E-state index is -0.904. The van der Waals surface area contributed by atoms with E-state index in [4.69, 9.17) is 0 Å². The number of amides is 1. The van der Waals surface area contributed by atoms with Crippen LogP contribution in [0.3, 0.4) is 0 Å². The summed E-state index contributed by atoms with van der Waals surface area (Å²) in [7, 11) is 0. The molecule has 0 aromatic carbocycles. The number of piperidine rings is 1. The summed E-state index contributed by atoms with van der Waals surface area (Å²) in [6.07, 6.45) is 5.59. The molecule has 0 spiro atoms. The fourth-order valence-electron chi connectivity index (χ4n) is 2.99. The Morgan fingerprint density at radius 1 is 1.28 bits per heavy atom. The van der Waals surface area contributed by atoms with Gasteiger partial charge in [-0.3, -0.25) is 4.79 Å². The van der Waals surface area contributed by atoms with Crippen molar-refractivity contribution < 1.29 is 9.90 Å². The Morgan fingerprint density at radius 3 is 2.56 bits per heavy atom. The zero-order chi connectivity index (χ0) is 13.1. The Kier molecular flexibility index (Phi) is 4.62. The van der Waals surface area contributed by atoms with Gasteiger partial charge in [-0.15, -0.1) is 0 Å². The molecule has 1 amide bonds. The summed E-state index contributed by atoms with van der Waals surface area (Å²) in [5.74, 6) is 0.283. The molecule has 1 aliphatic heterocycles. The van der Waals surface area contributed by atoms with Crippen molar-refractivity contribution >= 4 is 5.91 Å². The van der Waals surface area contributed by atoms with E-state index in [1.54, 1.807) is 0 Å². The van der Waals surface area contributed by atoms with Gasteiger partial charge >= 0.3 is 0 Å². The van der Waals surface area contributed by atoms with Crippen molar-refractivity contribution in [1.29, 1.82) is 0 Å². The first-order valence-electron chi connectivity index (χ1n) is 7.30. The van der Waals surface area contributed by atoms with E-state index >= 15 is 0 Å². The molecule has 1 saturated carbocycles. The standard InChI is InChI=1S/C14H26N2O2/c1-10(15-14(18)11(2)17)12-5-4-8-16(9-12)13-6-3-7-13/h10-13,17H,3-9H2,1-2H3,(H,15,18). The summed E-state index contributed by atoms with van der Waals surface area (Å²) in [5, 5.41) is 12.2. The number of nitrogens with one attached hydrogen (secondary N) is 1. The van der Waals surface area contributed by atoms with Crippen molar-refractivity contribution in [2.75, 3.05) is 13.1 Å². The maximum absolute atomic E-state index is 11.5. The van der Waals surface area contributed by atoms with E-state index in [0.29, 0.717) is 5.92 Å². The first-order chi connectivity index (χ1) is 8.58. The second-order valence-corrected chi connectivity index (χ2v) is 5.96. The largest absolute Gasteiger partial charge is 0.384 e. The molecule has 2 N–H and O–H groups in total. The maximum Gasteiger partial charge on any atom is 0.248 e. The zero-order valence-electron chi connectivity index (χ0n) is 11.6. The number of hydrogen-bond donors (Lipinski definition) is 2. The summed E-state index contributed by atoms with van der Waals surface area (Å²) >= 11 is 0. The van der Waals surface area contributed by atoms with Gasteiger partial charge in [0.25, 0.3) is 0 Å². The van der Waals surface area contributed by atoms with E-state index in [0.717, 1.165) is 12.6 Å². The third kappa shape index (κ3) is 3.23. The van der Waals surface area contributed by atoms with E-state index in [2.05, 4.69) is 17.1 Å². The minimum absolute atomic E-state index is 0.162. The van der Waals surface area contributed by atoms with E-state index < -0.39 is 6.10 Å². The molecule has 0 aromatic rings. The van der Waals surface area contributed by atoms with Crippen LogP contribution in [0.25, 0.3) is 0 Å². The molecule has 1 aliphatic carbocycles. The predicted molar refractivity (Wildman–Crippen MR) is 71.2 cm³/mol. The van der Waals surface area contributed by atoms with Crippen LogP contribution in [0.15, 0.2) is 0 Å². The fraction of sp³-hybridized carbons (Fsp3) is 0.929. The molecular formula is C14H26N2O2. The van der Waals surface area contributed by atoms with Crippen LogP contribution in [0.2, 0.25) is 0 Å². The smallest absolute Gasteiger partial charge is 0.248 e. The monoisotopic (exact) mass is 254 g/mol. The maximum atomic E-state index is 11.5. The van der Waals surface area contributed by atoms with Crippen molar-refractivity contribution in [2.24, 2.45) is 5.92 Å². The molecular weight excluding hydrogens is 228 g/mol. The molecule has 3 atom stereocenters. The molecule has 4 nitrogen and oxygen atoms in total. The van der Waals surface area contributed by atoms with Gasteiger partial charge in [0, 0.05) is 18.6 Å². The predicted octanol–water partition coefficient (Wildman–Crippen LogP) is 1.14. The molecule has 0 radical (unpaired) electrons.